The monoisotopic (exact) mass is 266 g/mol. The van der Waals surface area contributed by atoms with Crippen LogP contribution >= 0.6 is 11.8 Å². The summed E-state index contributed by atoms with van der Waals surface area (Å²) in [7, 11) is 0. The van der Waals surface area contributed by atoms with Crippen LogP contribution < -0.4 is 10.6 Å². The second-order valence-corrected chi connectivity index (χ2v) is 7.19. The maximum absolute atomic E-state index is 6.02. The minimum atomic E-state index is 0.349. The van der Waals surface area contributed by atoms with Crippen molar-refractivity contribution in [1.82, 2.24) is 9.97 Å². The highest BCUT2D eigenvalue weighted by molar-refractivity contribution is 8.00. The Kier molecular flexibility index (Phi) is 4.00. The SMILES string of the molecule is CC1CN(c2ncnc(N)c2C(C)C)CC(C)S1. The van der Waals surface area contributed by atoms with Gasteiger partial charge in [0.1, 0.15) is 18.0 Å². The summed E-state index contributed by atoms with van der Waals surface area (Å²) in [5.41, 5.74) is 7.10. The Hall–Kier alpha value is -0.970. The van der Waals surface area contributed by atoms with Gasteiger partial charge >= 0.3 is 0 Å². The summed E-state index contributed by atoms with van der Waals surface area (Å²) in [6.45, 7) is 10.9. The summed E-state index contributed by atoms with van der Waals surface area (Å²) < 4.78 is 0. The molecule has 0 spiro atoms. The molecule has 2 rings (SSSR count). The van der Waals surface area contributed by atoms with Gasteiger partial charge in [0.15, 0.2) is 0 Å². The fraction of sp³-hybridized carbons (Fsp3) is 0.692. The number of nitrogen functional groups attached to an aromatic ring is 1. The Balaban J connectivity index is 2.35. The Morgan fingerprint density at radius 2 is 1.89 bits per heavy atom. The lowest BCUT2D eigenvalue weighted by Gasteiger charge is -2.36. The van der Waals surface area contributed by atoms with Gasteiger partial charge in [0, 0.05) is 29.2 Å². The fourth-order valence-corrected chi connectivity index (χ4v) is 3.88. The van der Waals surface area contributed by atoms with Crippen LogP contribution in [0.15, 0.2) is 6.33 Å². The van der Waals surface area contributed by atoms with E-state index in [1.54, 1.807) is 6.33 Å². The van der Waals surface area contributed by atoms with Crippen LogP contribution in [-0.4, -0.2) is 33.6 Å². The summed E-state index contributed by atoms with van der Waals surface area (Å²) in [5.74, 6) is 1.99. The molecule has 0 aromatic carbocycles. The molecule has 2 heterocycles. The van der Waals surface area contributed by atoms with Gasteiger partial charge in [-0.3, -0.25) is 0 Å². The first kappa shape index (κ1) is 13.5. The topological polar surface area (TPSA) is 55.0 Å². The smallest absolute Gasteiger partial charge is 0.137 e. The average Bonchev–Trinajstić information content (AvgIpc) is 2.26. The summed E-state index contributed by atoms with van der Waals surface area (Å²) in [5, 5.41) is 1.26. The van der Waals surface area contributed by atoms with Gasteiger partial charge in [0.05, 0.1) is 0 Å². The molecule has 0 saturated carbocycles. The number of hydrogen-bond acceptors (Lipinski definition) is 5. The number of aromatic nitrogens is 2. The average molecular weight is 266 g/mol. The molecule has 5 heteroatoms. The zero-order valence-electron chi connectivity index (χ0n) is 11.6. The minimum Gasteiger partial charge on any atom is -0.383 e. The molecule has 18 heavy (non-hydrogen) atoms. The van der Waals surface area contributed by atoms with E-state index in [0.29, 0.717) is 22.2 Å². The van der Waals surface area contributed by atoms with Crippen LogP contribution in [-0.2, 0) is 0 Å². The first-order valence-corrected chi connectivity index (χ1v) is 7.44. The molecule has 1 aliphatic heterocycles. The number of rotatable bonds is 2. The molecule has 1 fully saturated rings. The van der Waals surface area contributed by atoms with Crippen LogP contribution in [0.4, 0.5) is 11.6 Å². The van der Waals surface area contributed by atoms with Crippen molar-refractivity contribution >= 4 is 23.4 Å². The third kappa shape index (κ3) is 2.71. The third-order valence-corrected chi connectivity index (χ3v) is 4.42. The van der Waals surface area contributed by atoms with E-state index in [4.69, 9.17) is 5.73 Å². The number of anilines is 2. The van der Waals surface area contributed by atoms with Gasteiger partial charge in [0.2, 0.25) is 0 Å². The van der Waals surface area contributed by atoms with Crippen LogP contribution in [0.25, 0.3) is 0 Å². The van der Waals surface area contributed by atoms with E-state index < -0.39 is 0 Å². The quantitative estimate of drug-likeness (QED) is 0.891. The predicted molar refractivity (Wildman–Crippen MR) is 79.3 cm³/mol. The Morgan fingerprint density at radius 3 is 2.44 bits per heavy atom. The van der Waals surface area contributed by atoms with E-state index in [1.807, 2.05) is 11.8 Å². The standard InChI is InChI=1S/C13H22N4S/c1-8(2)11-12(14)15-7-16-13(11)17-5-9(3)18-10(4)6-17/h7-10H,5-6H2,1-4H3,(H2,14,15,16). The lowest BCUT2D eigenvalue weighted by Crippen LogP contribution is -2.41. The van der Waals surface area contributed by atoms with Crippen molar-refractivity contribution in [2.24, 2.45) is 0 Å². The molecule has 2 unspecified atom stereocenters. The van der Waals surface area contributed by atoms with Crippen molar-refractivity contribution in [2.75, 3.05) is 23.7 Å². The Labute approximate surface area is 113 Å². The molecule has 1 aliphatic rings. The summed E-state index contributed by atoms with van der Waals surface area (Å²) in [6, 6.07) is 0. The predicted octanol–water partition coefficient (Wildman–Crippen LogP) is 2.51. The van der Waals surface area contributed by atoms with Crippen molar-refractivity contribution in [3.05, 3.63) is 11.9 Å². The van der Waals surface area contributed by atoms with Crippen LogP contribution in [0.5, 0.6) is 0 Å². The van der Waals surface area contributed by atoms with Gasteiger partial charge in [-0.2, -0.15) is 11.8 Å². The van der Waals surface area contributed by atoms with E-state index in [1.165, 1.54) is 0 Å². The molecule has 0 aliphatic carbocycles. The molecule has 0 amide bonds. The van der Waals surface area contributed by atoms with Gasteiger partial charge in [-0.25, -0.2) is 9.97 Å². The molecule has 0 radical (unpaired) electrons. The second-order valence-electron chi connectivity index (χ2n) is 5.31. The number of nitrogens with two attached hydrogens (primary N) is 1. The Morgan fingerprint density at radius 1 is 1.28 bits per heavy atom. The van der Waals surface area contributed by atoms with E-state index in [9.17, 15) is 0 Å². The molecule has 2 N–H and O–H groups in total. The van der Waals surface area contributed by atoms with Crippen molar-refractivity contribution in [3.8, 4) is 0 Å². The highest BCUT2D eigenvalue weighted by Gasteiger charge is 2.26. The molecule has 100 valence electrons. The van der Waals surface area contributed by atoms with E-state index in [2.05, 4.69) is 42.6 Å². The van der Waals surface area contributed by atoms with Gasteiger partial charge in [-0.15, -0.1) is 0 Å². The van der Waals surface area contributed by atoms with E-state index >= 15 is 0 Å². The third-order valence-electron chi connectivity index (χ3n) is 3.19. The molecular formula is C13H22N4S. The largest absolute Gasteiger partial charge is 0.383 e. The minimum absolute atomic E-state index is 0.349. The lowest BCUT2D eigenvalue weighted by atomic mass is 10.0. The number of nitrogens with zero attached hydrogens (tertiary/aromatic N) is 3. The van der Waals surface area contributed by atoms with E-state index in [-0.39, 0.29) is 0 Å². The fourth-order valence-electron chi connectivity index (χ4n) is 2.56. The highest BCUT2D eigenvalue weighted by Crippen LogP contribution is 2.33. The first-order chi connectivity index (χ1) is 8.49. The number of thioether (sulfide) groups is 1. The maximum Gasteiger partial charge on any atom is 0.137 e. The molecule has 0 bridgehead atoms. The maximum atomic E-state index is 6.02. The first-order valence-electron chi connectivity index (χ1n) is 6.49. The molecule has 4 nitrogen and oxygen atoms in total. The van der Waals surface area contributed by atoms with Gasteiger partial charge in [0.25, 0.3) is 0 Å². The molecule has 1 aromatic heterocycles. The van der Waals surface area contributed by atoms with Gasteiger partial charge in [-0.05, 0) is 5.92 Å². The van der Waals surface area contributed by atoms with Crippen LogP contribution in [0.3, 0.4) is 0 Å². The molecule has 1 aromatic rings. The van der Waals surface area contributed by atoms with Crippen molar-refractivity contribution in [1.29, 1.82) is 0 Å². The van der Waals surface area contributed by atoms with Crippen LogP contribution in [0.2, 0.25) is 0 Å². The lowest BCUT2D eigenvalue weighted by molar-refractivity contribution is 0.704. The van der Waals surface area contributed by atoms with Crippen LogP contribution in [0.1, 0.15) is 39.2 Å². The zero-order chi connectivity index (χ0) is 13.3. The van der Waals surface area contributed by atoms with Crippen molar-refractivity contribution in [2.45, 2.75) is 44.1 Å². The van der Waals surface area contributed by atoms with Crippen LogP contribution in [0, 0.1) is 0 Å². The van der Waals surface area contributed by atoms with Gasteiger partial charge in [-0.1, -0.05) is 27.7 Å². The number of hydrogen-bond donors (Lipinski definition) is 1. The molecule has 2 atom stereocenters. The summed E-state index contributed by atoms with van der Waals surface area (Å²) >= 11 is 2.04. The van der Waals surface area contributed by atoms with Crippen molar-refractivity contribution < 1.29 is 0 Å². The molecule has 1 saturated heterocycles. The van der Waals surface area contributed by atoms with Gasteiger partial charge < -0.3 is 10.6 Å². The second kappa shape index (κ2) is 5.34. The summed E-state index contributed by atoms with van der Waals surface area (Å²) in [4.78, 5) is 11.0. The highest BCUT2D eigenvalue weighted by atomic mass is 32.2. The molecular weight excluding hydrogens is 244 g/mol. The van der Waals surface area contributed by atoms with E-state index in [0.717, 1.165) is 24.5 Å². The van der Waals surface area contributed by atoms with Crippen molar-refractivity contribution in [3.63, 3.8) is 0 Å². The zero-order valence-corrected chi connectivity index (χ0v) is 12.4. The Bertz CT molecular complexity index is 411. The summed E-state index contributed by atoms with van der Waals surface area (Å²) in [6.07, 6.45) is 1.58. The normalized spacial score (nSPS) is 24.6.